The average Bonchev–Trinajstić information content (AvgIpc) is 3.20. The molecule has 1 aliphatic carbocycles. The van der Waals surface area contributed by atoms with Crippen LogP contribution in [0.1, 0.15) is 30.7 Å². The summed E-state index contributed by atoms with van der Waals surface area (Å²) in [5.41, 5.74) is 7.15. The van der Waals surface area contributed by atoms with Crippen LogP contribution in [0.15, 0.2) is 24.3 Å². The molecule has 3 rings (SSSR count). The van der Waals surface area contributed by atoms with Crippen LogP contribution in [-0.2, 0) is 0 Å². The number of aliphatic hydroxyl groups excluding tert-OH is 1. The summed E-state index contributed by atoms with van der Waals surface area (Å²) in [7, 11) is 0. The van der Waals surface area contributed by atoms with Crippen LogP contribution in [0.3, 0.4) is 0 Å². The van der Waals surface area contributed by atoms with E-state index >= 15 is 0 Å². The van der Waals surface area contributed by atoms with Gasteiger partial charge in [-0.1, -0.05) is 18.2 Å². The van der Waals surface area contributed by atoms with Crippen molar-refractivity contribution >= 4 is 0 Å². The van der Waals surface area contributed by atoms with Crippen molar-refractivity contribution in [2.45, 2.75) is 25.2 Å². The van der Waals surface area contributed by atoms with Gasteiger partial charge in [0.25, 0.3) is 0 Å². The first-order valence-electron chi connectivity index (χ1n) is 6.82. The Kier molecular flexibility index (Phi) is 3.04. The van der Waals surface area contributed by atoms with Crippen molar-refractivity contribution in [1.82, 2.24) is 0 Å². The quantitative estimate of drug-likeness (QED) is 0.835. The van der Waals surface area contributed by atoms with E-state index in [0.29, 0.717) is 18.4 Å². The van der Waals surface area contributed by atoms with Gasteiger partial charge in [0.15, 0.2) is 0 Å². The lowest BCUT2D eigenvalue weighted by Crippen LogP contribution is -2.38. The molecule has 3 nitrogen and oxygen atoms in total. The lowest BCUT2D eigenvalue weighted by atomic mass is 9.74. The van der Waals surface area contributed by atoms with Crippen molar-refractivity contribution in [3.63, 3.8) is 0 Å². The summed E-state index contributed by atoms with van der Waals surface area (Å²) < 4.78 is 5.72. The van der Waals surface area contributed by atoms with Crippen LogP contribution in [0.5, 0.6) is 5.75 Å². The van der Waals surface area contributed by atoms with Crippen LogP contribution in [0.2, 0.25) is 0 Å². The van der Waals surface area contributed by atoms with Gasteiger partial charge in [0, 0.05) is 23.4 Å². The SMILES string of the molecule is NCC(CO)(CC1COc2ccccc21)C1CC1. The molecule has 0 aromatic heterocycles. The molecular weight excluding hydrogens is 226 g/mol. The molecule has 0 radical (unpaired) electrons. The van der Waals surface area contributed by atoms with Crippen LogP contribution >= 0.6 is 0 Å². The Morgan fingerprint density at radius 2 is 2.11 bits per heavy atom. The Labute approximate surface area is 108 Å². The number of para-hydroxylation sites is 1. The number of aliphatic hydroxyl groups is 1. The summed E-state index contributed by atoms with van der Waals surface area (Å²) in [6.07, 6.45) is 3.38. The molecule has 98 valence electrons. The second-order valence-electron chi connectivity index (χ2n) is 5.75. The topological polar surface area (TPSA) is 55.5 Å². The van der Waals surface area contributed by atoms with Crippen molar-refractivity contribution < 1.29 is 9.84 Å². The van der Waals surface area contributed by atoms with Crippen molar-refractivity contribution in [2.75, 3.05) is 19.8 Å². The number of nitrogens with two attached hydrogens (primary N) is 1. The first kappa shape index (κ1) is 12.0. The van der Waals surface area contributed by atoms with Gasteiger partial charge in [-0.3, -0.25) is 0 Å². The van der Waals surface area contributed by atoms with Gasteiger partial charge >= 0.3 is 0 Å². The minimum atomic E-state index is -0.0918. The Hall–Kier alpha value is -1.06. The number of hydrogen-bond acceptors (Lipinski definition) is 3. The Morgan fingerprint density at radius 1 is 1.33 bits per heavy atom. The average molecular weight is 247 g/mol. The summed E-state index contributed by atoms with van der Waals surface area (Å²) in [6, 6.07) is 8.22. The maximum absolute atomic E-state index is 9.77. The zero-order valence-electron chi connectivity index (χ0n) is 10.6. The number of rotatable bonds is 5. The molecule has 3 N–H and O–H groups in total. The number of ether oxygens (including phenoxy) is 1. The zero-order valence-corrected chi connectivity index (χ0v) is 10.6. The fraction of sp³-hybridized carbons (Fsp3) is 0.600. The molecule has 2 aliphatic rings. The minimum Gasteiger partial charge on any atom is -0.493 e. The highest BCUT2D eigenvalue weighted by molar-refractivity contribution is 5.39. The molecule has 1 aromatic rings. The monoisotopic (exact) mass is 247 g/mol. The second kappa shape index (κ2) is 4.56. The highest BCUT2D eigenvalue weighted by Gasteiger charge is 2.46. The third-order valence-electron chi connectivity index (χ3n) is 4.62. The van der Waals surface area contributed by atoms with Crippen LogP contribution in [-0.4, -0.2) is 24.9 Å². The second-order valence-corrected chi connectivity index (χ2v) is 5.75. The van der Waals surface area contributed by atoms with Gasteiger partial charge in [-0.05, 0) is 31.2 Å². The summed E-state index contributed by atoms with van der Waals surface area (Å²) in [5, 5.41) is 9.77. The van der Waals surface area contributed by atoms with Crippen LogP contribution in [0, 0.1) is 11.3 Å². The minimum absolute atomic E-state index is 0.0918. The highest BCUT2D eigenvalue weighted by atomic mass is 16.5. The van der Waals surface area contributed by atoms with E-state index in [9.17, 15) is 5.11 Å². The van der Waals surface area contributed by atoms with Crippen molar-refractivity contribution in [1.29, 1.82) is 0 Å². The Balaban J connectivity index is 1.80. The van der Waals surface area contributed by atoms with E-state index in [0.717, 1.165) is 18.8 Å². The van der Waals surface area contributed by atoms with Gasteiger partial charge in [-0.15, -0.1) is 0 Å². The van der Waals surface area contributed by atoms with Gasteiger partial charge in [-0.2, -0.15) is 0 Å². The first-order valence-corrected chi connectivity index (χ1v) is 6.82. The predicted octanol–water partition coefficient (Wildman–Crippen LogP) is 1.90. The van der Waals surface area contributed by atoms with Crippen LogP contribution < -0.4 is 10.5 Å². The van der Waals surface area contributed by atoms with E-state index in [1.807, 2.05) is 12.1 Å². The van der Waals surface area contributed by atoms with E-state index in [-0.39, 0.29) is 12.0 Å². The maximum atomic E-state index is 9.77. The van der Waals surface area contributed by atoms with Gasteiger partial charge in [0.1, 0.15) is 5.75 Å². The third-order valence-corrected chi connectivity index (χ3v) is 4.62. The van der Waals surface area contributed by atoms with E-state index in [4.69, 9.17) is 10.5 Å². The lowest BCUT2D eigenvalue weighted by Gasteiger charge is -2.33. The standard InChI is InChI=1S/C15H21NO2/c16-9-15(10-17,12-5-6-12)7-11-8-18-14-4-2-1-3-13(11)14/h1-4,11-12,17H,5-10,16H2. The third kappa shape index (κ3) is 1.91. The van der Waals surface area contributed by atoms with Gasteiger partial charge in [0.2, 0.25) is 0 Å². The van der Waals surface area contributed by atoms with E-state index in [1.165, 1.54) is 18.4 Å². The number of hydrogen-bond donors (Lipinski definition) is 2. The number of fused-ring (bicyclic) bond motifs is 1. The molecule has 2 atom stereocenters. The van der Waals surface area contributed by atoms with Crippen LogP contribution in [0.25, 0.3) is 0 Å². The maximum Gasteiger partial charge on any atom is 0.122 e. The molecule has 0 bridgehead atoms. The summed E-state index contributed by atoms with van der Waals surface area (Å²) in [5.74, 6) is 2.00. The van der Waals surface area contributed by atoms with E-state index in [1.54, 1.807) is 0 Å². The lowest BCUT2D eigenvalue weighted by molar-refractivity contribution is 0.0879. The predicted molar refractivity (Wildman–Crippen MR) is 70.6 cm³/mol. The molecule has 1 fully saturated rings. The van der Waals surface area contributed by atoms with Gasteiger partial charge in [-0.25, -0.2) is 0 Å². The molecule has 1 aromatic carbocycles. The fourth-order valence-electron chi connectivity index (χ4n) is 3.26. The molecule has 1 heterocycles. The van der Waals surface area contributed by atoms with Gasteiger partial charge in [0.05, 0.1) is 13.2 Å². The molecule has 1 saturated carbocycles. The van der Waals surface area contributed by atoms with E-state index < -0.39 is 0 Å². The summed E-state index contributed by atoms with van der Waals surface area (Å²) >= 11 is 0. The molecule has 3 heteroatoms. The Morgan fingerprint density at radius 3 is 2.78 bits per heavy atom. The summed E-state index contributed by atoms with van der Waals surface area (Å²) in [6.45, 7) is 1.51. The van der Waals surface area contributed by atoms with Crippen molar-refractivity contribution in [2.24, 2.45) is 17.1 Å². The van der Waals surface area contributed by atoms with Crippen LogP contribution in [0.4, 0.5) is 0 Å². The zero-order chi connectivity index (χ0) is 12.6. The molecule has 0 amide bonds. The molecule has 1 aliphatic heterocycles. The normalized spacial score (nSPS) is 25.3. The molecule has 2 unspecified atom stereocenters. The van der Waals surface area contributed by atoms with Crippen molar-refractivity contribution in [3.8, 4) is 5.75 Å². The molecule has 18 heavy (non-hydrogen) atoms. The molecule has 0 saturated heterocycles. The number of benzene rings is 1. The smallest absolute Gasteiger partial charge is 0.122 e. The largest absolute Gasteiger partial charge is 0.493 e. The first-order chi connectivity index (χ1) is 8.79. The van der Waals surface area contributed by atoms with Gasteiger partial charge < -0.3 is 15.6 Å². The Bertz CT molecular complexity index is 424. The highest BCUT2D eigenvalue weighted by Crippen LogP contribution is 2.51. The summed E-state index contributed by atoms with van der Waals surface area (Å²) in [4.78, 5) is 0. The fourth-order valence-corrected chi connectivity index (χ4v) is 3.26. The molecule has 0 spiro atoms. The van der Waals surface area contributed by atoms with E-state index in [2.05, 4.69) is 12.1 Å². The van der Waals surface area contributed by atoms with Crippen molar-refractivity contribution in [3.05, 3.63) is 29.8 Å². The molecular formula is C15H21NO2.